The van der Waals surface area contributed by atoms with Crippen LogP contribution in [0.2, 0.25) is 0 Å². The highest BCUT2D eigenvalue weighted by Crippen LogP contribution is 2.40. The molecule has 1 unspecified atom stereocenters. The average Bonchev–Trinajstić information content (AvgIpc) is 2.83. The zero-order valence-corrected chi connectivity index (χ0v) is 18.4. The minimum atomic E-state index is -0.629. The SMILES string of the molecule is NCCC1=CC(Nc2ccc(F)cc2)=CCC1(C=O)Cc1cncc(N2CCCCC2)c1. The number of rotatable bonds is 8. The zero-order chi connectivity index (χ0) is 22.4. The highest BCUT2D eigenvalue weighted by molar-refractivity contribution is 5.69. The summed E-state index contributed by atoms with van der Waals surface area (Å²) in [5.74, 6) is -0.270. The molecule has 1 aromatic heterocycles. The molecule has 0 bridgehead atoms. The van der Waals surface area contributed by atoms with Crippen LogP contribution >= 0.6 is 0 Å². The van der Waals surface area contributed by atoms with Crippen molar-refractivity contribution in [3.8, 4) is 0 Å². The predicted octanol–water partition coefficient (Wildman–Crippen LogP) is 4.61. The van der Waals surface area contributed by atoms with Gasteiger partial charge in [0.1, 0.15) is 12.1 Å². The third kappa shape index (κ3) is 5.07. The number of hydrogen-bond acceptors (Lipinski definition) is 5. The Kier molecular flexibility index (Phi) is 7.00. The van der Waals surface area contributed by atoms with Gasteiger partial charge in [-0.25, -0.2) is 4.39 Å². The molecule has 5 nitrogen and oxygen atoms in total. The second-order valence-corrected chi connectivity index (χ2v) is 8.75. The molecular weight excluding hydrogens is 403 g/mol. The summed E-state index contributed by atoms with van der Waals surface area (Å²) in [5.41, 5.74) is 10.2. The molecule has 2 aliphatic rings. The van der Waals surface area contributed by atoms with Gasteiger partial charge in [-0.2, -0.15) is 0 Å². The maximum absolute atomic E-state index is 13.2. The van der Waals surface area contributed by atoms with Gasteiger partial charge in [0.15, 0.2) is 0 Å². The number of carbonyl (C=O) groups excluding carboxylic acids is 1. The number of benzene rings is 1. The second-order valence-electron chi connectivity index (χ2n) is 8.75. The summed E-state index contributed by atoms with van der Waals surface area (Å²) in [6.07, 6.45) is 14.5. The highest BCUT2D eigenvalue weighted by atomic mass is 19.1. The number of halogens is 1. The summed E-state index contributed by atoms with van der Waals surface area (Å²) in [6.45, 7) is 2.59. The lowest BCUT2D eigenvalue weighted by molar-refractivity contribution is -0.114. The number of hydrogen-bond donors (Lipinski definition) is 2. The predicted molar refractivity (Wildman–Crippen MR) is 127 cm³/mol. The van der Waals surface area contributed by atoms with E-state index in [0.29, 0.717) is 25.8 Å². The van der Waals surface area contributed by atoms with Crippen LogP contribution in [0.1, 0.15) is 37.7 Å². The Hall–Kier alpha value is -2.99. The lowest BCUT2D eigenvalue weighted by atomic mass is 9.70. The number of nitrogens with two attached hydrogens (primary N) is 1. The molecule has 1 atom stereocenters. The fraction of sp³-hybridized carbons (Fsp3) is 0.385. The first-order chi connectivity index (χ1) is 15.6. The molecule has 0 spiro atoms. The maximum Gasteiger partial charge on any atom is 0.130 e. The molecule has 1 saturated heterocycles. The monoisotopic (exact) mass is 434 g/mol. The van der Waals surface area contributed by atoms with Crippen LogP contribution < -0.4 is 16.0 Å². The standard InChI is InChI=1S/C26H31FN4O/c27-22-4-6-23(7-5-22)30-24-8-10-26(19-32,21(15-24)9-11-28)16-20-14-25(18-29-17-20)31-12-2-1-3-13-31/h4-8,14-15,17-19,30H,1-3,9-13,16,28H2. The Morgan fingerprint density at radius 3 is 2.66 bits per heavy atom. The molecule has 0 radical (unpaired) electrons. The number of pyridine rings is 1. The molecule has 1 aliphatic heterocycles. The molecule has 4 rings (SSSR count). The van der Waals surface area contributed by atoms with E-state index in [2.05, 4.69) is 21.3 Å². The normalized spacial score (nSPS) is 21.0. The number of anilines is 2. The van der Waals surface area contributed by atoms with E-state index in [1.165, 1.54) is 31.4 Å². The van der Waals surface area contributed by atoms with Crippen LogP contribution in [0.5, 0.6) is 0 Å². The van der Waals surface area contributed by atoms with Gasteiger partial charge in [-0.15, -0.1) is 0 Å². The van der Waals surface area contributed by atoms with Gasteiger partial charge in [0, 0.05) is 30.7 Å². The van der Waals surface area contributed by atoms with Crippen LogP contribution in [0.25, 0.3) is 0 Å². The number of nitrogens with zero attached hydrogens (tertiary/aromatic N) is 2. The molecular formula is C26H31FN4O. The molecule has 1 fully saturated rings. The fourth-order valence-corrected chi connectivity index (χ4v) is 4.69. The van der Waals surface area contributed by atoms with Crippen LogP contribution in [0, 0.1) is 11.2 Å². The average molecular weight is 435 g/mol. The number of nitrogens with one attached hydrogen (secondary N) is 1. The Morgan fingerprint density at radius 2 is 1.94 bits per heavy atom. The number of aldehydes is 1. The summed E-state index contributed by atoms with van der Waals surface area (Å²) in [4.78, 5) is 19.3. The molecule has 1 aromatic carbocycles. The molecule has 6 heteroatoms. The van der Waals surface area contributed by atoms with Crippen LogP contribution in [0.15, 0.2) is 66.1 Å². The quantitative estimate of drug-likeness (QED) is 0.594. The van der Waals surface area contributed by atoms with E-state index in [1.54, 1.807) is 12.1 Å². The van der Waals surface area contributed by atoms with Crippen molar-refractivity contribution in [2.45, 2.75) is 38.5 Å². The largest absolute Gasteiger partial charge is 0.370 e. The van der Waals surface area contributed by atoms with Gasteiger partial charge >= 0.3 is 0 Å². The first kappa shape index (κ1) is 22.2. The fourth-order valence-electron chi connectivity index (χ4n) is 4.69. The Morgan fingerprint density at radius 1 is 1.16 bits per heavy atom. The van der Waals surface area contributed by atoms with Gasteiger partial charge in [0.25, 0.3) is 0 Å². The van der Waals surface area contributed by atoms with Gasteiger partial charge in [0.05, 0.1) is 17.3 Å². The van der Waals surface area contributed by atoms with Crippen molar-refractivity contribution in [1.82, 2.24) is 4.98 Å². The maximum atomic E-state index is 13.2. The van der Waals surface area contributed by atoms with E-state index < -0.39 is 5.41 Å². The Labute approximate surface area is 189 Å². The molecule has 1 aliphatic carbocycles. The van der Waals surface area contributed by atoms with E-state index in [-0.39, 0.29) is 5.82 Å². The molecule has 2 aromatic rings. The second kappa shape index (κ2) is 10.1. The number of carbonyl (C=O) groups is 1. The molecule has 32 heavy (non-hydrogen) atoms. The van der Waals surface area contributed by atoms with Crippen molar-refractivity contribution in [3.05, 3.63) is 77.5 Å². The summed E-state index contributed by atoms with van der Waals surface area (Å²) in [7, 11) is 0. The summed E-state index contributed by atoms with van der Waals surface area (Å²) < 4.78 is 13.2. The minimum Gasteiger partial charge on any atom is -0.370 e. The molecule has 0 saturated carbocycles. The van der Waals surface area contributed by atoms with E-state index in [4.69, 9.17) is 5.73 Å². The van der Waals surface area contributed by atoms with Crippen molar-refractivity contribution >= 4 is 17.7 Å². The van der Waals surface area contributed by atoms with Crippen molar-refractivity contribution in [3.63, 3.8) is 0 Å². The van der Waals surface area contributed by atoms with E-state index in [0.717, 1.165) is 47.6 Å². The van der Waals surface area contributed by atoms with Crippen molar-refractivity contribution in [2.24, 2.45) is 11.1 Å². The van der Waals surface area contributed by atoms with Crippen molar-refractivity contribution in [1.29, 1.82) is 0 Å². The van der Waals surface area contributed by atoms with Crippen LogP contribution in [-0.2, 0) is 11.2 Å². The number of piperidine rings is 1. The zero-order valence-electron chi connectivity index (χ0n) is 18.4. The molecule has 168 valence electrons. The van der Waals surface area contributed by atoms with Crippen molar-refractivity contribution < 1.29 is 9.18 Å². The summed E-state index contributed by atoms with van der Waals surface area (Å²) >= 11 is 0. The van der Waals surface area contributed by atoms with Crippen LogP contribution in [0.3, 0.4) is 0 Å². The molecule has 3 N–H and O–H groups in total. The van der Waals surface area contributed by atoms with E-state index >= 15 is 0 Å². The van der Waals surface area contributed by atoms with Gasteiger partial charge in [-0.1, -0.05) is 11.6 Å². The van der Waals surface area contributed by atoms with Gasteiger partial charge in [-0.3, -0.25) is 4.98 Å². The lowest BCUT2D eigenvalue weighted by Gasteiger charge is -2.34. The van der Waals surface area contributed by atoms with Gasteiger partial charge < -0.3 is 20.7 Å². The van der Waals surface area contributed by atoms with Gasteiger partial charge in [-0.05, 0) is 87.0 Å². The number of aromatic nitrogens is 1. The van der Waals surface area contributed by atoms with E-state index in [1.807, 2.05) is 24.5 Å². The Bertz CT molecular complexity index is 995. The van der Waals surface area contributed by atoms with Crippen LogP contribution in [0.4, 0.5) is 15.8 Å². The summed E-state index contributed by atoms with van der Waals surface area (Å²) in [6, 6.07) is 8.43. The lowest BCUT2D eigenvalue weighted by Crippen LogP contribution is -2.32. The summed E-state index contributed by atoms with van der Waals surface area (Å²) in [5, 5.41) is 3.32. The third-order valence-electron chi connectivity index (χ3n) is 6.45. The molecule has 0 amide bonds. The van der Waals surface area contributed by atoms with Gasteiger partial charge in [0.2, 0.25) is 0 Å². The van der Waals surface area contributed by atoms with Crippen LogP contribution in [-0.4, -0.2) is 30.9 Å². The third-order valence-corrected chi connectivity index (χ3v) is 6.45. The first-order valence-electron chi connectivity index (χ1n) is 11.4. The van der Waals surface area contributed by atoms with E-state index in [9.17, 15) is 9.18 Å². The van der Waals surface area contributed by atoms with Crippen molar-refractivity contribution in [2.75, 3.05) is 29.9 Å². The Balaban J connectivity index is 1.55. The topological polar surface area (TPSA) is 71.2 Å². The molecule has 2 heterocycles. The number of allylic oxidation sites excluding steroid dienone is 2. The minimum absolute atomic E-state index is 0.270. The first-order valence-corrected chi connectivity index (χ1v) is 11.4. The smallest absolute Gasteiger partial charge is 0.130 e. The highest BCUT2D eigenvalue weighted by Gasteiger charge is 2.35.